The Morgan fingerprint density at radius 2 is 1.89 bits per heavy atom. The number of hydrogen-bond acceptors (Lipinski definition) is 3. The van der Waals surface area contributed by atoms with Crippen molar-refractivity contribution in [2.75, 3.05) is 19.8 Å². The highest BCUT2D eigenvalue weighted by Gasteiger charge is 2.12. The molecule has 4 nitrogen and oxygen atoms in total. The molecule has 2 rings (SSSR count). The largest absolute Gasteiger partial charge is 0.384 e. The number of nitrogens with zero attached hydrogens (tertiary/aromatic N) is 3. The van der Waals surface area contributed by atoms with Gasteiger partial charge in [0.25, 0.3) is 0 Å². The van der Waals surface area contributed by atoms with E-state index in [-0.39, 0.29) is 0 Å². The fraction of sp³-hybridized carbons (Fsp3) is 0.357. The van der Waals surface area contributed by atoms with Crippen LogP contribution in [0.25, 0.3) is 0 Å². The molecular formula is C14H20N4. The molecule has 0 fully saturated rings. The quantitative estimate of drug-likeness (QED) is 0.893. The predicted molar refractivity (Wildman–Crippen MR) is 74.3 cm³/mol. The second-order valence-electron chi connectivity index (χ2n) is 4.84. The van der Waals surface area contributed by atoms with Crippen molar-refractivity contribution in [1.29, 1.82) is 0 Å². The normalized spacial score (nSPS) is 11.1. The molecule has 4 heteroatoms. The molecule has 1 aromatic heterocycles. The number of rotatable bonds is 4. The smallest absolute Gasteiger partial charge is 0.125 e. The van der Waals surface area contributed by atoms with E-state index in [1.807, 2.05) is 43.9 Å². The molecule has 2 N–H and O–H groups in total. The summed E-state index contributed by atoms with van der Waals surface area (Å²) in [5.74, 6) is 0.760. The Balaban J connectivity index is 2.24. The predicted octanol–water partition coefficient (Wildman–Crippen LogP) is 1.88. The van der Waals surface area contributed by atoms with Gasteiger partial charge in [-0.25, -0.2) is 4.68 Å². The molecule has 0 aliphatic rings. The summed E-state index contributed by atoms with van der Waals surface area (Å²) in [4.78, 5) is 2.10. The third-order valence-electron chi connectivity index (χ3n) is 2.98. The van der Waals surface area contributed by atoms with E-state index in [0.717, 1.165) is 30.2 Å². The number of benzene rings is 1. The minimum absolute atomic E-state index is 0.723. The van der Waals surface area contributed by atoms with Gasteiger partial charge in [-0.05, 0) is 26.6 Å². The van der Waals surface area contributed by atoms with Crippen LogP contribution >= 0.6 is 0 Å². The van der Waals surface area contributed by atoms with Gasteiger partial charge in [0, 0.05) is 12.1 Å². The third kappa shape index (κ3) is 2.71. The zero-order valence-electron chi connectivity index (χ0n) is 11.2. The van der Waals surface area contributed by atoms with Crippen molar-refractivity contribution in [2.45, 2.75) is 20.0 Å². The molecule has 0 aliphatic carbocycles. The summed E-state index contributed by atoms with van der Waals surface area (Å²) in [6.07, 6.45) is 0. The van der Waals surface area contributed by atoms with Gasteiger partial charge in [0.15, 0.2) is 0 Å². The van der Waals surface area contributed by atoms with Crippen LogP contribution in [-0.2, 0) is 13.1 Å². The van der Waals surface area contributed by atoms with Crippen LogP contribution in [-0.4, -0.2) is 28.8 Å². The summed E-state index contributed by atoms with van der Waals surface area (Å²) < 4.78 is 1.88. The van der Waals surface area contributed by atoms with Gasteiger partial charge in [-0.3, -0.25) is 0 Å². The zero-order chi connectivity index (χ0) is 13.1. The molecule has 0 unspecified atom stereocenters. The van der Waals surface area contributed by atoms with Crippen molar-refractivity contribution >= 4 is 5.82 Å². The molecule has 1 heterocycles. The highest BCUT2D eigenvalue weighted by Crippen LogP contribution is 2.17. The molecule has 0 saturated heterocycles. The van der Waals surface area contributed by atoms with Gasteiger partial charge in [-0.1, -0.05) is 30.3 Å². The SMILES string of the molecule is Cc1c(CN(C)C)nn(Cc2ccccc2)c1N. The highest BCUT2D eigenvalue weighted by atomic mass is 15.3. The van der Waals surface area contributed by atoms with Crippen molar-refractivity contribution in [3.8, 4) is 0 Å². The summed E-state index contributed by atoms with van der Waals surface area (Å²) in [7, 11) is 4.07. The van der Waals surface area contributed by atoms with Crippen LogP contribution in [0.5, 0.6) is 0 Å². The summed E-state index contributed by atoms with van der Waals surface area (Å²) in [6, 6.07) is 10.2. The Morgan fingerprint density at radius 3 is 2.50 bits per heavy atom. The molecule has 2 aromatic rings. The van der Waals surface area contributed by atoms with E-state index in [1.54, 1.807) is 0 Å². The molecule has 96 valence electrons. The lowest BCUT2D eigenvalue weighted by atomic mass is 10.2. The molecule has 0 aliphatic heterocycles. The van der Waals surface area contributed by atoms with E-state index in [4.69, 9.17) is 5.73 Å². The lowest BCUT2D eigenvalue weighted by molar-refractivity contribution is 0.393. The molecule has 18 heavy (non-hydrogen) atoms. The molecule has 0 spiro atoms. The standard InChI is InChI=1S/C14H20N4/c1-11-13(10-17(2)3)16-18(14(11)15)9-12-7-5-4-6-8-12/h4-8H,9-10,15H2,1-3H3. The maximum atomic E-state index is 6.11. The Kier molecular flexibility index (Phi) is 3.67. The Labute approximate surface area is 108 Å². The van der Waals surface area contributed by atoms with E-state index in [2.05, 4.69) is 22.1 Å². The van der Waals surface area contributed by atoms with Crippen molar-refractivity contribution < 1.29 is 0 Å². The van der Waals surface area contributed by atoms with Crippen molar-refractivity contribution in [1.82, 2.24) is 14.7 Å². The monoisotopic (exact) mass is 244 g/mol. The third-order valence-corrected chi connectivity index (χ3v) is 2.98. The van der Waals surface area contributed by atoms with E-state index < -0.39 is 0 Å². The van der Waals surface area contributed by atoms with Gasteiger partial charge in [-0.15, -0.1) is 0 Å². The summed E-state index contributed by atoms with van der Waals surface area (Å²) in [5, 5.41) is 4.59. The Morgan fingerprint density at radius 1 is 1.22 bits per heavy atom. The minimum atomic E-state index is 0.723. The van der Waals surface area contributed by atoms with Crippen LogP contribution in [0.2, 0.25) is 0 Å². The average Bonchev–Trinajstić information content (AvgIpc) is 2.58. The number of anilines is 1. The van der Waals surface area contributed by atoms with E-state index in [1.165, 1.54) is 5.56 Å². The first kappa shape index (κ1) is 12.6. The second-order valence-corrected chi connectivity index (χ2v) is 4.84. The molecule has 0 bridgehead atoms. The van der Waals surface area contributed by atoms with E-state index in [9.17, 15) is 0 Å². The van der Waals surface area contributed by atoms with Crippen LogP contribution < -0.4 is 5.73 Å². The van der Waals surface area contributed by atoms with Crippen molar-refractivity contribution in [2.24, 2.45) is 0 Å². The fourth-order valence-corrected chi connectivity index (χ4v) is 1.94. The molecule has 0 radical (unpaired) electrons. The number of hydrogen-bond donors (Lipinski definition) is 1. The van der Waals surface area contributed by atoms with Crippen molar-refractivity contribution in [3.63, 3.8) is 0 Å². The zero-order valence-corrected chi connectivity index (χ0v) is 11.2. The van der Waals surface area contributed by atoms with Crippen LogP contribution in [0.15, 0.2) is 30.3 Å². The van der Waals surface area contributed by atoms with Gasteiger partial charge in [0.2, 0.25) is 0 Å². The number of nitrogens with two attached hydrogens (primary N) is 1. The van der Waals surface area contributed by atoms with Crippen LogP contribution in [0.3, 0.4) is 0 Å². The van der Waals surface area contributed by atoms with Gasteiger partial charge in [0.1, 0.15) is 5.82 Å². The number of nitrogen functional groups attached to an aromatic ring is 1. The van der Waals surface area contributed by atoms with E-state index >= 15 is 0 Å². The minimum Gasteiger partial charge on any atom is -0.384 e. The Hall–Kier alpha value is -1.81. The first-order chi connectivity index (χ1) is 8.58. The maximum absolute atomic E-state index is 6.11. The van der Waals surface area contributed by atoms with Crippen LogP contribution in [0.4, 0.5) is 5.82 Å². The van der Waals surface area contributed by atoms with Crippen LogP contribution in [0, 0.1) is 6.92 Å². The van der Waals surface area contributed by atoms with Gasteiger partial charge >= 0.3 is 0 Å². The average molecular weight is 244 g/mol. The lowest BCUT2D eigenvalue weighted by Gasteiger charge is -2.06. The summed E-state index contributed by atoms with van der Waals surface area (Å²) in [5.41, 5.74) is 9.45. The summed E-state index contributed by atoms with van der Waals surface area (Å²) >= 11 is 0. The molecule has 0 amide bonds. The molecule has 0 saturated carbocycles. The van der Waals surface area contributed by atoms with E-state index in [0.29, 0.717) is 0 Å². The van der Waals surface area contributed by atoms with Gasteiger partial charge in [0.05, 0.1) is 12.2 Å². The second kappa shape index (κ2) is 5.23. The topological polar surface area (TPSA) is 47.1 Å². The summed E-state index contributed by atoms with van der Waals surface area (Å²) in [6.45, 7) is 3.57. The maximum Gasteiger partial charge on any atom is 0.125 e. The van der Waals surface area contributed by atoms with Gasteiger partial charge in [-0.2, -0.15) is 5.10 Å². The molecule has 0 atom stereocenters. The van der Waals surface area contributed by atoms with Crippen LogP contribution in [0.1, 0.15) is 16.8 Å². The fourth-order valence-electron chi connectivity index (χ4n) is 1.94. The molecular weight excluding hydrogens is 224 g/mol. The first-order valence-corrected chi connectivity index (χ1v) is 6.08. The van der Waals surface area contributed by atoms with Gasteiger partial charge < -0.3 is 10.6 Å². The first-order valence-electron chi connectivity index (χ1n) is 6.08. The Bertz CT molecular complexity index is 514. The van der Waals surface area contributed by atoms with Crippen molar-refractivity contribution in [3.05, 3.63) is 47.2 Å². The molecule has 1 aromatic carbocycles. The highest BCUT2D eigenvalue weighted by molar-refractivity contribution is 5.42. The number of aromatic nitrogens is 2. The lowest BCUT2D eigenvalue weighted by Crippen LogP contribution is -2.12.